The fourth-order valence-corrected chi connectivity index (χ4v) is 2.49. The predicted molar refractivity (Wildman–Crippen MR) is 66.9 cm³/mol. The van der Waals surface area contributed by atoms with Gasteiger partial charge in [0.15, 0.2) is 0 Å². The molecular weight excluding hydrogens is 198 g/mol. The van der Waals surface area contributed by atoms with E-state index < -0.39 is 0 Å². The van der Waals surface area contributed by atoms with Gasteiger partial charge in [-0.15, -0.1) is 0 Å². The van der Waals surface area contributed by atoms with Crippen LogP contribution in [0, 0.1) is 19.8 Å². The molecule has 0 saturated carbocycles. The van der Waals surface area contributed by atoms with Crippen LogP contribution < -0.4 is 5.32 Å². The topological polar surface area (TPSA) is 32.3 Å². The highest BCUT2D eigenvalue weighted by molar-refractivity contribution is 5.44. The molecular formula is C14H21NO. The van der Waals surface area contributed by atoms with E-state index in [0.717, 1.165) is 36.6 Å². The minimum absolute atomic E-state index is 0.513. The van der Waals surface area contributed by atoms with Crippen molar-refractivity contribution in [2.45, 2.75) is 33.1 Å². The van der Waals surface area contributed by atoms with Crippen molar-refractivity contribution in [1.82, 2.24) is 5.32 Å². The molecule has 0 amide bonds. The molecule has 88 valence electrons. The van der Waals surface area contributed by atoms with E-state index in [1.807, 2.05) is 13.0 Å². The van der Waals surface area contributed by atoms with Crippen molar-refractivity contribution in [3.8, 4) is 5.75 Å². The Morgan fingerprint density at radius 2 is 1.81 bits per heavy atom. The molecule has 0 aromatic heterocycles. The van der Waals surface area contributed by atoms with Crippen LogP contribution in [0.5, 0.6) is 5.75 Å². The third-order valence-electron chi connectivity index (χ3n) is 3.67. The molecule has 1 heterocycles. The van der Waals surface area contributed by atoms with Gasteiger partial charge in [0, 0.05) is 0 Å². The molecule has 2 nitrogen and oxygen atoms in total. The van der Waals surface area contributed by atoms with Crippen LogP contribution >= 0.6 is 0 Å². The van der Waals surface area contributed by atoms with Gasteiger partial charge in [0.1, 0.15) is 5.75 Å². The summed E-state index contributed by atoms with van der Waals surface area (Å²) in [6, 6.07) is 4.11. The summed E-state index contributed by atoms with van der Waals surface area (Å²) >= 11 is 0. The van der Waals surface area contributed by atoms with E-state index in [4.69, 9.17) is 0 Å². The first-order chi connectivity index (χ1) is 7.68. The summed E-state index contributed by atoms with van der Waals surface area (Å²) in [5, 5.41) is 13.5. The number of phenolic OH excluding ortho intramolecular Hbond substituents is 1. The molecule has 1 aliphatic heterocycles. The van der Waals surface area contributed by atoms with E-state index in [0.29, 0.717) is 5.75 Å². The van der Waals surface area contributed by atoms with Gasteiger partial charge in [0.25, 0.3) is 0 Å². The van der Waals surface area contributed by atoms with E-state index in [1.54, 1.807) is 0 Å². The monoisotopic (exact) mass is 219 g/mol. The number of nitrogens with one attached hydrogen (secondary N) is 1. The second-order valence-corrected chi connectivity index (χ2v) is 4.92. The molecule has 0 unspecified atom stereocenters. The normalized spacial score (nSPS) is 17.6. The first kappa shape index (κ1) is 11.5. The molecule has 0 bridgehead atoms. The van der Waals surface area contributed by atoms with Gasteiger partial charge in [-0.25, -0.2) is 0 Å². The van der Waals surface area contributed by atoms with E-state index in [-0.39, 0.29) is 0 Å². The fraction of sp³-hybridized carbons (Fsp3) is 0.571. The zero-order valence-electron chi connectivity index (χ0n) is 10.2. The summed E-state index contributed by atoms with van der Waals surface area (Å²) in [5.74, 6) is 1.24. The molecule has 1 fully saturated rings. The van der Waals surface area contributed by atoms with Gasteiger partial charge in [-0.3, -0.25) is 0 Å². The smallest absolute Gasteiger partial charge is 0.121 e. The van der Waals surface area contributed by atoms with Crippen LogP contribution in [-0.4, -0.2) is 18.2 Å². The number of benzene rings is 1. The van der Waals surface area contributed by atoms with Gasteiger partial charge >= 0.3 is 0 Å². The minimum atomic E-state index is 0.513. The van der Waals surface area contributed by atoms with Gasteiger partial charge < -0.3 is 10.4 Å². The summed E-state index contributed by atoms with van der Waals surface area (Å²) in [6.07, 6.45) is 3.49. The molecule has 0 atom stereocenters. The van der Waals surface area contributed by atoms with Crippen LogP contribution in [0.3, 0.4) is 0 Å². The van der Waals surface area contributed by atoms with Gasteiger partial charge in [-0.2, -0.15) is 0 Å². The maximum absolute atomic E-state index is 10.1. The average Bonchev–Trinajstić information content (AvgIpc) is 2.31. The molecule has 2 heteroatoms. The Hall–Kier alpha value is -1.02. The minimum Gasteiger partial charge on any atom is -0.507 e. The first-order valence-corrected chi connectivity index (χ1v) is 6.17. The van der Waals surface area contributed by atoms with Crippen LogP contribution in [-0.2, 0) is 6.42 Å². The van der Waals surface area contributed by atoms with Gasteiger partial charge in [-0.1, -0.05) is 12.1 Å². The van der Waals surface area contributed by atoms with Gasteiger partial charge in [0.05, 0.1) is 0 Å². The number of rotatable bonds is 2. The Balaban J connectivity index is 2.16. The Morgan fingerprint density at radius 1 is 1.19 bits per heavy atom. The van der Waals surface area contributed by atoms with Crippen molar-refractivity contribution in [3.05, 3.63) is 28.8 Å². The SMILES string of the molecule is Cc1ccc(C)c(CC2CCNCC2)c1O. The average molecular weight is 219 g/mol. The second-order valence-electron chi connectivity index (χ2n) is 4.92. The lowest BCUT2D eigenvalue weighted by Gasteiger charge is -2.24. The van der Waals surface area contributed by atoms with Crippen molar-refractivity contribution in [3.63, 3.8) is 0 Å². The molecule has 0 radical (unpaired) electrons. The van der Waals surface area contributed by atoms with E-state index in [9.17, 15) is 5.11 Å². The number of piperidine rings is 1. The Kier molecular flexibility index (Phi) is 3.49. The summed E-state index contributed by atoms with van der Waals surface area (Å²) in [5.41, 5.74) is 3.38. The zero-order valence-corrected chi connectivity index (χ0v) is 10.2. The molecule has 2 rings (SSSR count). The second kappa shape index (κ2) is 4.88. The zero-order chi connectivity index (χ0) is 11.5. The first-order valence-electron chi connectivity index (χ1n) is 6.17. The molecule has 2 N–H and O–H groups in total. The molecule has 1 aromatic rings. The van der Waals surface area contributed by atoms with Gasteiger partial charge in [0.2, 0.25) is 0 Å². The highest BCUT2D eigenvalue weighted by atomic mass is 16.3. The summed E-state index contributed by atoms with van der Waals surface area (Å²) in [4.78, 5) is 0. The predicted octanol–water partition coefficient (Wildman–Crippen LogP) is 2.55. The number of aromatic hydroxyl groups is 1. The van der Waals surface area contributed by atoms with Crippen LogP contribution in [0.1, 0.15) is 29.5 Å². The highest BCUT2D eigenvalue weighted by Crippen LogP contribution is 2.29. The van der Waals surface area contributed by atoms with Crippen molar-refractivity contribution >= 4 is 0 Å². The Labute approximate surface area is 97.7 Å². The van der Waals surface area contributed by atoms with Crippen LogP contribution in [0.2, 0.25) is 0 Å². The summed E-state index contributed by atoms with van der Waals surface area (Å²) < 4.78 is 0. The third kappa shape index (κ3) is 2.38. The lowest BCUT2D eigenvalue weighted by Crippen LogP contribution is -2.28. The fourth-order valence-electron chi connectivity index (χ4n) is 2.49. The maximum atomic E-state index is 10.1. The van der Waals surface area contributed by atoms with E-state index in [1.165, 1.54) is 18.4 Å². The number of aryl methyl sites for hydroxylation is 2. The lowest BCUT2D eigenvalue weighted by molar-refractivity contribution is 0.365. The van der Waals surface area contributed by atoms with Crippen LogP contribution in [0.25, 0.3) is 0 Å². The summed E-state index contributed by atoms with van der Waals surface area (Å²) in [6.45, 7) is 6.31. The maximum Gasteiger partial charge on any atom is 0.121 e. The van der Waals surface area contributed by atoms with Crippen molar-refractivity contribution in [2.24, 2.45) is 5.92 Å². The Bertz CT molecular complexity index is 367. The van der Waals surface area contributed by atoms with Crippen molar-refractivity contribution in [1.29, 1.82) is 0 Å². The number of hydrogen-bond acceptors (Lipinski definition) is 2. The lowest BCUT2D eigenvalue weighted by atomic mass is 9.88. The highest BCUT2D eigenvalue weighted by Gasteiger charge is 2.17. The van der Waals surface area contributed by atoms with Crippen molar-refractivity contribution in [2.75, 3.05) is 13.1 Å². The molecule has 0 spiro atoms. The summed E-state index contributed by atoms with van der Waals surface area (Å²) in [7, 11) is 0. The van der Waals surface area contributed by atoms with E-state index >= 15 is 0 Å². The quantitative estimate of drug-likeness (QED) is 0.801. The van der Waals surface area contributed by atoms with Crippen LogP contribution in [0.4, 0.5) is 0 Å². The Morgan fingerprint density at radius 3 is 2.50 bits per heavy atom. The largest absolute Gasteiger partial charge is 0.507 e. The number of phenols is 1. The third-order valence-corrected chi connectivity index (χ3v) is 3.67. The van der Waals surface area contributed by atoms with Crippen molar-refractivity contribution < 1.29 is 5.11 Å². The molecule has 16 heavy (non-hydrogen) atoms. The number of hydrogen-bond donors (Lipinski definition) is 2. The van der Waals surface area contributed by atoms with E-state index in [2.05, 4.69) is 18.3 Å². The van der Waals surface area contributed by atoms with Gasteiger partial charge in [-0.05, 0) is 68.8 Å². The molecule has 1 aromatic carbocycles. The standard InChI is InChI=1S/C14H21NO/c1-10-3-4-11(2)14(16)13(10)9-12-5-7-15-8-6-12/h3-4,12,15-16H,5-9H2,1-2H3. The molecule has 1 saturated heterocycles. The molecule has 0 aliphatic carbocycles. The molecule has 1 aliphatic rings. The van der Waals surface area contributed by atoms with Crippen LogP contribution in [0.15, 0.2) is 12.1 Å².